The molecule has 0 saturated carbocycles. The van der Waals surface area contributed by atoms with Crippen LogP contribution in [-0.2, 0) is 19.9 Å². The van der Waals surface area contributed by atoms with Crippen LogP contribution in [0.2, 0.25) is 0 Å². The summed E-state index contributed by atoms with van der Waals surface area (Å²) in [7, 11) is -7.04. The molecule has 1 aliphatic rings. The van der Waals surface area contributed by atoms with Crippen LogP contribution in [0.15, 0.2) is 83.8 Å². The molecule has 1 saturated heterocycles. The Balaban J connectivity index is 1.40. The van der Waals surface area contributed by atoms with Crippen LogP contribution in [0.25, 0.3) is 11.1 Å². The number of sulfone groups is 1. The number of nitrogens with one attached hydrogen (secondary N) is 2. The predicted octanol–water partition coefficient (Wildman–Crippen LogP) is 3.07. The van der Waals surface area contributed by atoms with Crippen molar-refractivity contribution < 1.29 is 21.6 Å². The van der Waals surface area contributed by atoms with Gasteiger partial charge in [-0.3, -0.25) is 4.79 Å². The zero-order valence-corrected chi connectivity index (χ0v) is 18.7. The highest BCUT2D eigenvalue weighted by atomic mass is 32.2. The Hall–Kier alpha value is -3.01. The van der Waals surface area contributed by atoms with Crippen molar-refractivity contribution in [3.63, 3.8) is 0 Å². The molecule has 0 unspecified atom stereocenters. The topological polar surface area (TPSA) is 109 Å². The summed E-state index contributed by atoms with van der Waals surface area (Å²) in [5.74, 6) is -0.518. The highest BCUT2D eigenvalue weighted by molar-refractivity contribution is 7.92. The first-order valence-corrected chi connectivity index (χ1v) is 13.3. The van der Waals surface area contributed by atoms with Gasteiger partial charge in [0, 0.05) is 17.3 Å². The summed E-state index contributed by atoms with van der Waals surface area (Å²) < 4.78 is 50.5. The van der Waals surface area contributed by atoms with Crippen LogP contribution in [-0.4, -0.2) is 40.3 Å². The third-order valence-electron chi connectivity index (χ3n) is 5.23. The number of anilines is 1. The smallest absolute Gasteiger partial charge is 0.255 e. The second-order valence-electron chi connectivity index (χ2n) is 7.64. The van der Waals surface area contributed by atoms with Crippen molar-refractivity contribution in [1.82, 2.24) is 4.72 Å². The maximum absolute atomic E-state index is 12.5. The molecule has 0 radical (unpaired) electrons. The van der Waals surface area contributed by atoms with Gasteiger partial charge in [-0.05, 0) is 53.9 Å². The van der Waals surface area contributed by atoms with Crippen LogP contribution < -0.4 is 10.0 Å². The third kappa shape index (κ3) is 5.24. The molecule has 9 heteroatoms. The molecule has 2 N–H and O–H groups in total. The summed E-state index contributed by atoms with van der Waals surface area (Å²) >= 11 is 0. The molecule has 0 bridgehead atoms. The van der Waals surface area contributed by atoms with Gasteiger partial charge in [-0.2, -0.15) is 0 Å². The second-order valence-corrected chi connectivity index (χ2v) is 11.6. The van der Waals surface area contributed by atoms with Gasteiger partial charge in [-0.25, -0.2) is 21.6 Å². The van der Waals surface area contributed by atoms with Crippen LogP contribution >= 0.6 is 0 Å². The molecule has 1 fully saturated rings. The molecule has 1 amide bonds. The van der Waals surface area contributed by atoms with Gasteiger partial charge in [-0.15, -0.1) is 0 Å². The second kappa shape index (κ2) is 8.85. The largest absolute Gasteiger partial charge is 0.322 e. The number of carbonyl (C=O) groups excluding carboxylic acids is 1. The zero-order valence-electron chi connectivity index (χ0n) is 17.1. The van der Waals surface area contributed by atoms with Gasteiger partial charge in [0.25, 0.3) is 5.91 Å². The SMILES string of the molecule is O=C(Nc1ccc(S(=O)(=O)N[C@@H]2CCS(=O)(=O)C2)cc1)c1ccc(-c2ccccc2)cc1. The van der Waals surface area contributed by atoms with Gasteiger partial charge >= 0.3 is 0 Å². The highest BCUT2D eigenvalue weighted by Crippen LogP contribution is 2.21. The molecule has 4 rings (SSSR count). The zero-order chi connectivity index (χ0) is 22.8. The fourth-order valence-electron chi connectivity index (χ4n) is 3.54. The summed E-state index contributed by atoms with van der Waals surface area (Å²) in [4.78, 5) is 12.5. The normalized spacial score (nSPS) is 17.7. The van der Waals surface area contributed by atoms with Crippen LogP contribution in [0.5, 0.6) is 0 Å². The van der Waals surface area contributed by atoms with Crippen molar-refractivity contribution in [2.24, 2.45) is 0 Å². The molecule has 1 heterocycles. The lowest BCUT2D eigenvalue weighted by Crippen LogP contribution is -2.35. The van der Waals surface area contributed by atoms with Crippen molar-refractivity contribution in [1.29, 1.82) is 0 Å². The quantitative estimate of drug-likeness (QED) is 0.575. The van der Waals surface area contributed by atoms with Crippen molar-refractivity contribution >= 4 is 31.5 Å². The molecule has 3 aromatic rings. The molecule has 32 heavy (non-hydrogen) atoms. The van der Waals surface area contributed by atoms with E-state index in [-0.39, 0.29) is 28.7 Å². The Labute approximate surface area is 187 Å². The number of hydrogen-bond acceptors (Lipinski definition) is 5. The Morgan fingerprint density at radius 3 is 2.06 bits per heavy atom. The summed E-state index contributed by atoms with van der Waals surface area (Å²) in [5, 5.41) is 2.75. The van der Waals surface area contributed by atoms with Gasteiger partial charge in [0.2, 0.25) is 10.0 Å². The van der Waals surface area contributed by atoms with E-state index in [1.54, 1.807) is 12.1 Å². The number of amides is 1. The summed E-state index contributed by atoms with van der Waals surface area (Å²) in [6, 6.07) is 22.1. The fraction of sp³-hybridized carbons (Fsp3) is 0.174. The molecular weight excluding hydrogens is 448 g/mol. The Morgan fingerprint density at radius 2 is 1.47 bits per heavy atom. The average molecular weight is 471 g/mol. The molecule has 0 aromatic heterocycles. The van der Waals surface area contributed by atoms with E-state index in [2.05, 4.69) is 10.0 Å². The van der Waals surface area contributed by atoms with Crippen LogP contribution in [0.4, 0.5) is 5.69 Å². The lowest BCUT2D eigenvalue weighted by molar-refractivity contribution is 0.102. The van der Waals surface area contributed by atoms with E-state index >= 15 is 0 Å². The molecule has 3 aromatic carbocycles. The van der Waals surface area contributed by atoms with E-state index < -0.39 is 25.9 Å². The molecule has 0 aliphatic carbocycles. The lowest BCUT2D eigenvalue weighted by Gasteiger charge is -2.12. The molecular formula is C23H22N2O5S2. The van der Waals surface area contributed by atoms with Crippen molar-refractivity contribution in [2.75, 3.05) is 16.8 Å². The minimum Gasteiger partial charge on any atom is -0.322 e. The van der Waals surface area contributed by atoms with Crippen molar-refractivity contribution in [3.8, 4) is 11.1 Å². The van der Waals surface area contributed by atoms with E-state index in [0.717, 1.165) is 11.1 Å². The summed E-state index contributed by atoms with van der Waals surface area (Å²) in [5.41, 5.74) is 2.98. The Bertz CT molecular complexity index is 1320. The van der Waals surface area contributed by atoms with E-state index in [0.29, 0.717) is 11.3 Å². The minimum atomic E-state index is -3.85. The predicted molar refractivity (Wildman–Crippen MR) is 124 cm³/mol. The third-order valence-corrected chi connectivity index (χ3v) is 8.54. The first-order valence-electron chi connectivity index (χ1n) is 10.0. The van der Waals surface area contributed by atoms with E-state index in [9.17, 15) is 21.6 Å². The van der Waals surface area contributed by atoms with E-state index in [1.165, 1.54) is 24.3 Å². The molecule has 1 atom stereocenters. The van der Waals surface area contributed by atoms with Gasteiger partial charge < -0.3 is 5.32 Å². The van der Waals surface area contributed by atoms with Crippen LogP contribution in [0, 0.1) is 0 Å². The monoisotopic (exact) mass is 470 g/mol. The van der Waals surface area contributed by atoms with Crippen LogP contribution in [0.1, 0.15) is 16.8 Å². The van der Waals surface area contributed by atoms with Gasteiger partial charge in [-0.1, -0.05) is 42.5 Å². The highest BCUT2D eigenvalue weighted by Gasteiger charge is 2.31. The first-order chi connectivity index (χ1) is 15.2. The Morgan fingerprint density at radius 1 is 0.844 bits per heavy atom. The van der Waals surface area contributed by atoms with Crippen molar-refractivity contribution in [3.05, 3.63) is 84.4 Å². The average Bonchev–Trinajstić information content (AvgIpc) is 3.12. The van der Waals surface area contributed by atoms with Crippen molar-refractivity contribution in [2.45, 2.75) is 17.4 Å². The maximum Gasteiger partial charge on any atom is 0.255 e. The van der Waals surface area contributed by atoms with Gasteiger partial charge in [0.1, 0.15) is 0 Å². The summed E-state index contributed by atoms with van der Waals surface area (Å²) in [6.45, 7) is 0. The minimum absolute atomic E-state index is 0.00649. The van der Waals surface area contributed by atoms with E-state index in [4.69, 9.17) is 0 Å². The number of hydrogen-bond donors (Lipinski definition) is 2. The van der Waals surface area contributed by atoms with Gasteiger partial charge in [0.15, 0.2) is 9.84 Å². The number of carbonyl (C=O) groups is 1. The number of benzene rings is 3. The molecule has 7 nitrogen and oxygen atoms in total. The number of rotatable bonds is 6. The molecule has 1 aliphatic heterocycles. The molecule has 0 spiro atoms. The standard InChI is InChI=1S/C23H22N2O5S2/c26-23(19-8-6-18(7-9-19)17-4-2-1-3-5-17)24-20-10-12-22(13-11-20)32(29,30)25-21-14-15-31(27,28)16-21/h1-13,21,25H,14-16H2,(H,24,26)/t21-/m1/s1. The summed E-state index contributed by atoms with van der Waals surface area (Å²) in [6.07, 6.45) is 0.263. The van der Waals surface area contributed by atoms with Gasteiger partial charge in [0.05, 0.1) is 16.4 Å². The van der Waals surface area contributed by atoms with E-state index in [1.807, 2.05) is 42.5 Å². The fourth-order valence-corrected chi connectivity index (χ4v) is 6.59. The van der Waals surface area contributed by atoms with Crippen LogP contribution in [0.3, 0.4) is 0 Å². The maximum atomic E-state index is 12.5. The number of sulfonamides is 1. The first kappa shape index (κ1) is 22.2. The molecule has 166 valence electrons. The Kier molecular flexibility index (Phi) is 6.14. The lowest BCUT2D eigenvalue weighted by atomic mass is 10.0.